The number of amides is 1. The van der Waals surface area contributed by atoms with Crippen molar-refractivity contribution in [3.63, 3.8) is 0 Å². The summed E-state index contributed by atoms with van der Waals surface area (Å²) in [6, 6.07) is 10.1. The van der Waals surface area contributed by atoms with Crippen LogP contribution in [0.4, 0.5) is 11.4 Å². The molecule has 0 bridgehead atoms. The largest absolute Gasteiger partial charge is 0.489 e. The Hall–Kier alpha value is -2.22. The van der Waals surface area contributed by atoms with Gasteiger partial charge in [-0.25, -0.2) is 8.42 Å². The number of sulfonamides is 1. The van der Waals surface area contributed by atoms with Gasteiger partial charge < -0.3 is 10.1 Å². The van der Waals surface area contributed by atoms with Gasteiger partial charge in [-0.2, -0.15) is 0 Å². The van der Waals surface area contributed by atoms with Crippen LogP contribution in [-0.2, 0) is 14.8 Å². The maximum Gasteiger partial charge on any atom is 0.247 e. The quantitative estimate of drug-likeness (QED) is 0.616. The van der Waals surface area contributed by atoms with E-state index in [0.29, 0.717) is 23.1 Å². The van der Waals surface area contributed by atoms with Gasteiger partial charge in [0, 0.05) is 16.8 Å². The second kappa shape index (κ2) is 9.32. The summed E-state index contributed by atoms with van der Waals surface area (Å²) in [6.07, 6.45) is 2.60. The first-order chi connectivity index (χ1) is 13.1. The number of hydrogen-bond acceptors (Lipinski definition) is 4. The molecule has 0 spiro atoms. The molecule has 6 nitrogen and oxygen atoms in total. The first-order valence-corrected chi connectivity index (χ1v) is 10.8. The van der Waals surface area contributed by atoms with Crippen LogP contribution < -0.4 is 14.4 Å². The van der Waals surface area contributed by atoms with E-state index in [1.54, 1.807) is 30.3 Å². The lowest BCUT2D eigenvalue weighted by Gasteiger charge is -2.29. The molecule has 0 unspecified atom stereocenters. The van der Waals surface area contributed by atoms with Gasteiger partial charge in [0.15, 0.2) is 0 Å². The summed E-state index contributed by atoms with van der Waals surface area (Å²) in [5, 5.41) is 3.15. The van der Waals surface area contributed by atoms with Crippen molar-refractivity contribution in [2.75, 3.05) is 22.5 Å². The number of nitrogens with zero attached hydrogens (tertiary/aromatic N) is 1. The zero-order valence-corrected chi connectivity index (χ0v) is 17.7. The van der Waals surface area contributed by atoms with Crippen molar-refractivity contribution < 1.29 is 17.9 Å². The number of halogens is 2. The monoisotopic (exact) mass is 442 g/mol. The van der Waals surface area contributed by atoms with E-state index < -0.39 is 22.0 Å². The smallest absolute Gasteiger partial charge is 0.247 e. The molecule has 2 rings (SSSR count). The third-order valence-electron chi connectivity index (χ3n) is 3.70. The third-order valence-corrected chi connectivity index (χ3v) is 5.49. The summed E-state index contributed by atoms with van der Waals surface area (Å²) >= 11 is 12.1. The first-order valence-electron chi connectivity index (χ1n) is 8.22. The fraction of sp³-hybridized carbons (Fsp3) is 0.211. The fourth-order valence-electron chi connectivity index (χ4n) is 2.50. The lowest BCUT2D eigenvalue weighted by Crippen LogP contribution is -2.45. The third kappa shape index (κ3) is 5.64. The van der Waals surface area contributed by atoms with Crippen molar-refractivity contribution >= 4 is 50.5 Å². The van der Waals surface area contributed by atoms with Gasteiger partial charge in [0.05, 0.1) is 17.0 Å². The lowest BCUT2D eigenvalue weighted by molar-refractivity contribution is -0.116. The van der Waals surface area contributed by atoms with Crippen molar-refractivity contribution in [1.82, 2.24) is 0 Å². The van der Waals surface area contributed by atoms with E-state index in [0.717, 1.165) is 10.6 Å². The predicted molar refractivity (Wildman–Crippen MR) is 114 cm³/mol. The van der Waals surface area contributed by atoms with Gasteiger partial charge in [0.2, 0.25) is 15.9 Å². The molecule has 0 aliphatic heterocycles. The Kier molecular flexibility index (Phi) is 7.35. The zero-order valence-electron chi connectivity index (χ0n) is 15.4. The SMILES string of the molecule is C=CCOc1cccc(NC(=O)[C@@H](C)N(c2cc(Cl)ccc2Cl)S(C)(=O)=O)c1. The minimum Gasteiger partial charge on any atom is -0.489 e. The van der Waals surface area contributed by atoms with E-state index in [-0.39, 0.29) is 10.7 Å². The Morgan fingerprint density at radius 2 is 2.00 bits per heavy atom. The number of rotatable bonds is 8. The minimum absolute atomic E-state index is 0.127. The molecule has 0 saturated heterocycles. The van der Waals surface area contributed by atoms with E-state index >= 15 is 0 Å². The molecule has 0 fully saturated rings. The Labute approximate surface area is 174 Å². The summed E-state index contributed by atoms with van der Waals surface area (Å²) in [6.45, 7) is 5.36. The summed E-state index contributed by atoms with van der Waals surface area (Å²) < 4.78 is 31.1. The van der Waals surface area contributed by atoms with Crippen molar-refractivity contribution in [2.24, 2.45) is 0 Å². The van der Waals surface area contributed by atoms with Gasteiger partial charge in [0.25, 0.3) is 0 Å². The maximum absolute atomic E-state index is 12.7. The Bertz CT molecular complexity index is 980. The molecule has 1 N–H and O–H groups in total. The molecular weight excluding hydrogens is 423 g/mol. The van der Waals surface area contributed by atoms with Crippen LogP contribution in [0.3, 0.4) is 0 Å². The first kappa shape index (κ1) is 22.1. The van der Waals surface area contributed by atoms with Crippen LogP contribution in [-0.4, -0.2) is 33.2 Å². The molecule has 0 radical (unpaired) electrons. The van der Waals surface area contributed by atoms with E-state index in [2.05, 4.69) is 11.9 Å². The molecular formula is C19H20Cl2N2O4S. The second-order valence-electron chi connectivity index (χ2n) is 5.95. The summed E-state index contributed by atoms with van der Waals surface area (Å²) in [5.74, 6) is 0.00513. The predicted octanol–water partition coefficient (Wildman–Crippen LogP) is 4.35. The number of hydrogen-bond donors (Lipinski definition) is 1. The minimum atomic E-state index is -3.82. The highest BCUT2D eigenvalue weighted by atomic mass is 35.5. The van der Waals surface area contributed by atoms with Gasteiger partial charge in [-0.3, -0.25) is 9.10 Å². The van der Waals surface area contributed by atoms with E-state index in [1.165, 1.54) is 25.1 Å². The van der Waals surface area contributed by atoms with Crippen LogP contribution >= 0.6 is 23.2 Å². The van der Waals surface area contributed by atoms with Crippen LogP contribution in [0, 0.1) is 0 Å². The van der Waals surface area contributed by atoms with Gasteiger partial charge >= 0.3 is 0 Å². The molecule has 0 heterocycles. The Morgan fingerprint density at radius 1 is 1.29 bits per heavy atom. The van der Waals surface area contributed by atoms with Gasteiger partial charge in [-0.15, -0.1) is 0 Å². The zero-order chi connectivity index (χ0) is 20.9. The topological polar surface area (TPSA) is 75.7 Å². The van der Waals surface area contributed by atoms with Gasteiger partial charge in [-0.05, 0) is 37.3 Å². The Morgan fingerprint density at radius 3 is 2.64 bits per heavy atom. The molecule has 1 atom stereocenters. The summed E-state index contributed by atoms with van der Waals surface area (Å²) in [7, 11) is -3.82. The number of nitrogens with one attached hydrogen (secondary N) is 1. The second-order valence-corrected chi connectivity index (χ2v) is 8.65. The lowest BCUT2D eigenvalue weighted by atomic mass is 10.2. The number of carbonyl (C=O) groups excluding carboxylic acids is 1. The highest BCUT2D eigenvalue weighted by Gasteiger charge is 2.31. The van der Waals surface area contributed by atoms with Gasteiger partial charge in [-0.1, -0.05) is 41.9 Å². The Balaban J connectivity index is 2.30. The molecule has 2 aromatic rings. The standard InChI is InChI=1S/C19H20Cl2N2O4S/c1-4-10-27-16-7-5-6-15(12-16)22-19(24)13(2)23(28(3,25)26)18-11-14(20)8-9-17(18)21/h4-9,11-13H,1,10H2,2-3H3,(H,22,24)/t13-/m1/s1. The molecule has 150 valence electrons. The van der Waals surface area contributed by atoms with Crippen LogP contribution in [0.5, 0.6) is 5.75 Å². The average Bonchev–Trinajstić information content (AvgIpc) is 2.62. The van der Waals surface area contributed by atoms with Crippen LogP contribution in [0.2, 0.25) is 10.0 Å². The average molecular weight is 443 g/mol. The molecule has 2 aromatic carbocycles. The molecule has 0 aliphatic rings. The molecule has 0 aliphatic carbocycles. The summed E-state index contributed by atoms with van der Waals surface area (Å²) in [4.78, 5) is 12.7. The van der Waals surface area contributed by atoms with E-state index in [4.69, 9.17) is 27.9 Å². The van der Waals surface area contributed by atoms with Crippen molar-refractivity contribution in [3.05, 3.63) is 65.2 Å². The van der Waals surface area contributed by atoms with E-state index in [9.17, 15) is 13.2 Å². The van der Waals surface area contributed by atoms with Crippen LogP contribution in [0.1, 0.15) is 6.92 Å². The van der Waals surface area contributed by atoms with Gasteiger partial charge in [0.1, 0.15) is 18.4 Å². The number of carbonyl (C=O) groups is 1. The highest BCUT2D eigenvalue weighted by Crippen LogP contribution is 2.32. The molecule has 1 amide bonds. The van der Waals surface area contributed by atoms with Crippen LogP contribution in [0.15, 0.2) is 55.1 Å². The maximum atomic E-state index is 12.7. The fourth-order valence-corrected chi connectivity index (χ4v) is 4.10. The van der Waals surface area contributed by atoms with Crippen molar-refractivity contribution in [2.45, 2.75) is 13.0 Å². The number of benzene rings is 2. The van der Waals surface area contributed by atoms with E-state index in [1.807, 2.05) is 0 Å². The molecule has 9 heteroatoms. The molecule has 0 saturated carbocycles. The summed E-state index contributed by atoms with van der Waals surface area (Å²) in [5.41, 5.74) is 0.589. The number of anilines is 2. The molecule has 0 aromatic heterocycles. The normalized spacial score (nSPS) is 12.1. The van der Waals surface area contributed by atoms with Crippen molar-refractivity contribution in [1.29, 1.82) is 0 Å². The van der Waals surface area contributed by atoms with Crippen LogP contribution in [0.25, 0.3) is 0 Å². The highest BCUT2D eigenvalue weighted by molar-refractivity contribution is 7.92. The molecule has 28 heavy (non-hydrogen) atoms. The number of ether oxygens (including phenoxy) is 1. The van der Waals surface area contributed by atoms with Crippen molar-refractivity contribution in [3.8, 4) is 5.75 Å².